The summed E-state index contributed by atoms with van der Waals surface area (Å²) in [5.41, 5.74) is 1.74. The molecule has 6 heteroatoms. The lowest BCUT2D eigenvalue weighted by Crippen LogP contribution is -2.30. The van der Waals surface area contributed by atoms with E-state index < -0.39 is 11.9 Å². The van der Waals surface area contributed by atoms with Crippen molar-refractivity contribution in [2.45, 2.75) is 6.42 Å². The Morgan fingerprint density at radius 2 is 1.95 bits per heavy atom. The van der Waals surface area contributed by atoms with E-state index in [0.717, 1.165) is 24.3 Å². The molecule has 19 heavy (non-hydrogen) atoms. The molecule has 0 radical (unpaired) electrons. The quantitative estimate of drug-likeness (QED) is 0.851. The molecule has 0 atom stereocenters. The topological polar surface area (TPSA) is 81.1 Å². The van der Waals surface area contributed by atoms with E-state index in [9.17, 15) is 9.59 Å². The minimum atomic E-state index is -0.981. The van der Waals surface area contributed by atoms with Crippen LogP contribution in [0.25, 0.3) is 0 Å². The number of carboxylic acids is 2. The Morgan fingerprint density at radius 3 is 2.58 bits per heavy atom. The number of aromatic carboxylic acids is 1. The number of anilines is 2. The molecule has 1 aromatic carbocycles. The van der Waals surface area contributed by atoms with Gasteiger partial charge in [0.2, 0.25) is 0 Å². The van der Waals surface area contributed by atoms with Crippen LogP contribution in [0.2, 0.25) is 0 Å². The number of carboxylic acid groups (broad SMARTS) is 2. The molecular formula is C13H16N2O4. The van der Waals surface area contributed by atoms with Gasteiger partial charge in [0.05, 0.1) is 16.9 Å². The third-order valence-corrected chi connectivity index (χ3v) is 3.22. The Kier molecular flexibility index (Phi) is 3.59. The Bertz CT molecular complexity index is 515. The van der Waals surface area contributed by atoms with Crippen molar-refractivity contribution in [2.75, 3.05) is 36.5 Å². The van der Waals surface area contributed by atoms with Crippen molar-refractivity contribution in [1.29, 1.82) is 0 Å². The van der Waals surface area contributed by atoms with Gasteiger partial charge in [0.15, 0.2) is 0 Å². The fraction of sp³-hybridized carbons (Fsp3) is 0.385. The number of benzene rings is 1. The van der Waals surface area contributed by atoms with E-state index in [4.69, 9.17) is 10.2 Å². The summed E-state index contributed by atoms with van der Waals surface area (Å²) in [5, 5.41) is 18.0. The van der Waals surface area contributed by atoms with Crippen LogP contribution >= 0.6 is 0 Å². The molecule has 1 heterocycles. The Balaban J connectivity index is 2.44. The minimum absolute atomic E-state index is 0.0761. The summed E-state index contributed by atoms with van der Waals surface area (Å²) in [4.78, 5) is 25.6. The highest BCUT2D eigenvalue weighted by molar-refractivity contribution is 5.91. The maximum atomic E-state index is 11.0. The van der Waals surface area contributed by atoms with Crippen LogP contribution in [0, 0.1) is 0 Å². The van der Waals surface area contributed by atoms with Gasteiger partial charge in [0.1, 0.15) is 6.54 Å². The molecule has 0 aromatic heterocycles. The van der Waals surface area contributed by atoms with Crippen LogP contribution in [0.3, 0.4) is 0 Å². The fourth-order valence-electron chi connectivity index (χ4n) is 2.30. The zero-order valence-electron chi connectivity index (χ0n) is 10.7. The molecule has 0 bridgehead atoms. The van der Waals surface area contributed by atoms with Gasteiger partial charge in [0.25, 0.3) is 0 Å². The van der Waals surface area contributed by atoms with E-state index in [2.05, 4.69) is 0 Å². The Hall–Kier alpha value is -2.24. The normalized spacial score (nSPS) is 14.8. The predicted molar refractivity (Wildman–Crippen MR) is 71.1 cm³/mol. The standard InChI is InChI=1S/C13H16N2O4/c1-14-5-2-6-15(8-12(16)17)10-4-3-9(13(18)19)7-11(10)14/h3-4,7H,2,5-6,8H2,1H3,(H,16,17)(H,18,19). The summed E-state index contributed by atoms with van der Waals surface area (Å²) in [7, 11) is 1.88. The van der Waals surface area contributed by atoms with Gasteiger partial charge >= 0.3 is 11.9 Å². The number of rotatable bonds is 3. The second-order valence-electron chi connectivity index (χ2n) is 4.60. The highest BCUT2D eigenvalue weighted by Gasteiger charge is 2.21. The van der Waals surface area contributed by atoms with Crippen molar-refractivity contribution in [1.82, 2.24) is 0 Å². The number of aliphatic carboxylic acids is 1. The average Bonchev–Trinajstić information content (AvgIpc) is 2.49. The largest absolute Gasteiger partial charge is 0.480 e. The van der Waals surface area contributed by atoms with Gasteiger partial charge in [-0.25, -0.2) is 4.79 Å². The number of nitrogens with zero attached hydrogens (tertiary/aromatic N) is 2. The molecule has 1 aromatic rings. The molecule has 2 rings (SSSR count). The van der Waals surface area contributed by atoms with Gasteiger partial charge in [0, 0.05) is 20.1 Å². The first-order valence-electron chi connectivity index (χ1n) is 6.04. The van der Waals surface area contributed by atoms with Gasteiger partial charge in [-0.05, 0) is 24.6 Å². The molecule has 0 saturated heterocycles. The third kappa shape index (κ3) is 2.78. The lowest BCUT2D eigenvalue weighted by atomic mass is 10.1. The Morgan fingerprint density at radius 1 is 1.21 bits per heavy atom. The van der Waals surface area contributed by atoms with E-state index in [-0.39, 0.29) is 12.1 Å². The molecule has 0 spiro atoms. The average molecular weight is 264 g/mol. The molecule has 2 N–H and O–H groups in total. The van der Waals surface area contributed by atoms with Gasteiger partial charge in [-0.3, -0.25) is 4.79 Å². The maximum Gasteiger partial charge on any atom is 0.335 e. The lowest BCUT2D eigenvalue weighted by molar-refractivity contribution is -0.135. The predicted octanol–water partition coefficient (Wildman–Crippen LogP) is 1.12. The molecular weight excluding hydrogens is 248 g/mol. The van der Waals surface area contributed by atoms with E-state index in [1.54, 1.807) is 17.0 Å². The summed E-state index contributed by atoms with van der Waals surface area (Å²) in [6.07, 6.45) is 0.834. The number of hydrogen-bond acceptors (Lipinski definition) is 4. The molecule has 6 nitrogen and oxygen atoms in total. The molecule has 0 fully saturated rings. The second-order valence-corrected chi connectivity index (χ2v) is 4.60. The zero-order valence-corrected chi connectivity index (χ0v) is 10.7. The third-order valence-electron chi connectivity index (χ3n) is 3.22. The van der Waals surface area contributed by atoms with Crippen LogP contribution in [0.4, 0.5) is 11.4 Å². The van der Waals surface area contributed by atoms with Crippen molar-refractivity contribution < 1.29 is 19.8 Å². The lowest BCUT2D eigenvalue weighted by Gasteiger charge is -2.24. The maximum absolute atomic E-state index is 11.0. The van der Waals surface area contributed by atoms with Crippen LogP contribution in [0.15, 0.2) is 18.2 Å². The summed E-state index contributed by atoms with van der Waals surface area (Å²) in [6, 6.07) is 4.79. The first kappa shape index (κ1) is 13.2. The SMILES string of the molecule is CN1CCCN(CC(=O)O)c2ccc(C(=O)O)cc21. The van der Waals surface area contributed by atoms with Crippen LogP contribution in [-0.4, -0.2) is 48.8 Å². The molecule has 0 unspecified atom stereocenters. The number of hydrogen-bond donors (Lipinski definition) is 2. The van der Waals surface area contributed by atoms with E-state index in [0.29, 0.717) is 6.54 Å². The monoisotopic (exact) mass is 264 g/mol. The summed E-state index contributed by atoms with van der Waals surface area (Å²) < 4.78 is 0. The van der Waals surface area contributed by atoms with E-state index >= 15 is 0 Å². The van der Waals surface area contributed by atoms with E-state index in [1.165, 1.54) is 6.07 Å². The molecule has 0 saturated carbocycles. The van der Waals surface area contributed by atoms with Crippen LogP contribution < -0.4 is 9.80 Å². The van der Waals surface area contributed by atoms with Gasteiger partial charge in [-0.15, -0.1) is 0 Å². The van der Waals surface area contributed by atoms with Crippen LogP contribution in [0.1, 0.15) is 16.8 Å². The molecule has 1 aliphatic rings. The second kappa shape index (κ2) is 5.17. The Labute approximate surface area is 110 Å². The highest BCUT2D eigenvalue weighted by Crippen LogP contribution is 2.32. The van der Waals surface area contributed by atoms with Gasteiger partial charge < -0.3 is 20.0 Å². The number of fused-ring (bicyclic) bond motifs is 1. The highest BCUT2D eigenvalue weighted by atomic mass is 16.4. The summed E-state index contributed by atoms with van der Waals surface area (Å²) >= 11 is 0. The first-order valence-corrected chi connectivity index (χ1v) is 6.04. The summed E-state index contributed by atoms with van der Waals surface area (Å²) in [6.45, 7) is 1.34. The zero-order chi connectivity index (χ0) is 14.0. The molecule has 1 aliphatic heterocycles. The minimum Gasteiger partial charge on any atom is -0.480 e. The smallest absolute Gasteiger partial charge is 0.335 e. The fourth-order valence-corrected chi connectivity index (χ4v) is 2.30. The number of carbonyl (C=O) groups is 2. The first-order chi connectivity index (χ1) is 8.99. The van der Waals surface area contributed by atoms with Gasteiger partial charge in [-0.1, -0.05) is 0 Å². The van der Waals surface area contributed by atoms with Crippen LogP contribution in [0.5, 0.6) is 0 Å². The molecule has 0 amide bonds. The molecule has 0 aliphatic carbocycles. The van der Waals surface area contributed by atoms with Crippen molar-refractivity contribution >= 4 is 23.3 Å². The van der Waals surface area contributed by atoms with Crippen molar-refractivity contribution in [3.8, 4) is 0 Å². The summed E-state index contributed by atoms with van der Waals surface area (Å²) in [5.74, 6) is -1.87. The van der Waals surface area contributed by atoms with E-state index in [1.807, 2.05) is 11.9 Å². The van der Waals surface area contributed by atoms with Gasteiger partial charge in [-0.2, -0.15) is 0 Å². The molecule has 102 valence electrons. The van der Waals surface area contributed by atoms with Crippen molar-refractivity contribution in [3.05, 3.63) is 23.8 Å². The van der Waals surface area contributed by atoms with Crippen molar-refractivity contribution in [2.24, 2.45) is 0 Å². The van der Waals surface area contributed by atoms with Crippen molar-refractivity contribution in [3.63, 3.8) is 0 Å². The van der Waals surface area contributed by atoms with Crippen LogP contribution in [-0.2, 0) is 4.79 Å².